The topological polar surface area (TPSA) is 115 Å². The van der Waals surface area contributed by atoms with Crippen molar-refractivity contribution in [1.29, 1.82) is 0 Å². The SMILES string of the molecule is CC(C)N1CC=C(c2ccc(-c3nccc4[nH]c(CN5CCOCC5)cc34)cn2)CC1.CC(C)N1CCC(c2ccc(-c3nccc4[nH]c(CN5CCOCC5)cc34)cn2)CC1. The largest absolute Gasteiger partial charge is 0.379 e. The average Bonchev–Trinajstić information content (AvgIpc) is 3.93. The number of aromatic nitrogens is 6. The van der Waals surface area contributed by atoms with E-state index in [1.807, 2.05) is 24.8 Å². The molecule has 0 saturated carbocycles. The number of hydrogen-bond acceptors (Lipinski definition) is 10. The van der Waals surface area contributed by atoms with Crippen LogP contribution in [0.2, 0.25) is 0 Å². The molecule has 0 bridgehead atoms. The van der Waals surface area contributed by atoms with Crippen molar-refractivity contribution >= 4 is 27.4 Å². The molecule has 12 nitrogen and oxygen atoms in total. The van der Waals surface area contributed by atoms with Crippen molar-refractivity contribution in [3.8, 4) is 22.5 Å². The maximum absolute atomic E-state index is 5.47. The van der Waals surface area contributed by atoms with Crippen LogP contribution in [0.3, 0.4) is 0 Å². The average molecular weight is 837 g/mol. The number of piperidine rings is 1. The predicted molar refractivity (Wildman–Crippen MR) is 249 cm³/mol. The minimum atomic E-state index is 0.570. The Morgan fingerprint density at radius 2 is 1.16 bits per heavy atom. The number of morpholine rings is 2. The van der Waals surface area contributed by atoms with E-state index >= 15 is 0 Å². The first-order valence-corrected chi connectivity index (χ1v) is 23.0. The third-order valence-electron chi connectivity index (χ3n) is 13.3. The minimum Gasteiger partial charge on any atom is -0.379 e. The van der Waals surface area contributed by atoms with Gasteiger partial charge in [0, 0.05) is 145 Å². The van der Waals surface area contributed by atoms with E-state index in [0.717, 1.165) is 130 Å². The van der Waals surface area contributed by atoms with Crippen LogP contribution in [-0.2, 0) is 22.6 Å². The summed E-state index contributed by atoms with van der Waals surface area (Å²) in [6.45, 7) is 22.6. The van der Waals surface area contributed by atoms with Crippen molar-refractivity contribution in [3.63, 3.8) is 0 Å². The molecule has 0 amide bonds. The van der Waals surface area contributed by atoms with Gasteiger partial charge in [-0.3, -0.25) is 34.6 Å². The van der Waals surface area contributed by atoms with Gasteiger partial charge in [-0.15, -0.1) is 0 Å². The molecule has 0 atom stereocenters. The number of likely N-dealkylation sites (tertiary alicyclic amines) is 1. The normalized spacial score (nSPS) is 19.0. The highest BCUT2D eigenvalue weighted by atomic mass is 16.5. The first-order chi connectivity index (χ1) is 30.3. The van der Waals surface area contributed by atoms with Gasteiger partial charge in [-0.05, 0) is 114 Å². The Morgan fingerprint density at radius 1 is 0.613 bits per heavy atom. The molecule has 10 rings (SSSR count). The van der Waals surface area contributed by atoms with Crippen molar-refractivity contribution in [3.05, 3.63) is 102 Å². The van der Waals surface area contributed by atoms with E-state index in [4.69, 9.17) is 29.4 Å². The molecule has 12 heteroatoms. The van der Waals surface area contributed by atoms with Crippen LogP contribution in [0, 0.1) is 0 Å². The van der Waals surface area contributed by atoms with Crippen LogP contribution in [-0.4, -0.2) is 140 Å². The Bertz CT molecular complexity index is 2400. The Kier molecular flexibility index (Phi) is 13.5. The third kappa shape index (κ3) is 10.0. The van der Waals surface area contributed by atoms with Gasteiger partial charge in [0.2, 0.25) is 0 Å². The number of H-pyrrole nitrogens is 2. The maximum Gasteiger partial charge on any atom is 0.0811 e. The third-order valence-corrected chi connectivity index (χ3v) is 13.3. The fourth-order valence-electron chi connectivity index (χ4n) is 9.46. The van der Waals surface area contributed by atoms with E-state index in [0.29, 0.717) is 18.0 Å². The van der Waals surface area contributed by atoms with Gasteiger partial charge in [0.1, 0.15) is 0 Å². The first-order valence-electron chi connectivity index (χ1n) is 23.0. The molecule has 4 aliphatic heterocycles. The summed E-state index contributed by atoms with van der Waals surface area (Å²) < 4.78 is 10.9. The molecule has 3 saturated heterocycles. The lowest BCUT2D eigenvalue weighted by molar-refractivity contribution is 0.0337. The number of fused-ring (bicyclic) bond motifs is 2. The van der Waals surface area contributed by atoms with Gasteiger partial charge in [-0.25, -0.2) is 0 Å². The quantitative estimate of drug-likeness (QED) is 0.141. The smallest absolute Gasteiger partial charge is 0.0811 e. The monoisotopic (exact) mass is 837 g/mol. The number of nitrogens with zero attached hydrogens (tertiary/aromatic N) is 8. The lowest BCUT2D eigenvalue weighted by atomic mass is 9.92. The van der Waals surface area contributed by atoms with Crippen LogP contribution >= 0.6 is 0 Å². The molecule has 0 aromatic carbocycles. The second-order valence-corrected chi connectivity index (χ2v) is 18.0. The van der Waals surface area contributed by atoms with E-state index in [-0.39, 0.29) is 0 Å². The highest BCUT2D eigenvalue weighted by Gasteiger charge is 2.24. The number of aromatic amines is 2. The van der Waals surface area contributed by atoms with Crippen LogP contribution in [0.25, 0.3) is 49.9 Å². The summed E-state index contributed by atoms with van der Waals surface area (Å²) in [4.78, 5) is 36.1. The molecule has 0 aliphatic carbocycles. The van der Waals surface area contributed by atoms with Gasteiger partial charge in [0.25, 0.3) is 0 Å². The van der Waals surface area contributed by atoms with Crippen LogP contribution in [0.1, 0.15) is 75.7 Å². The molecule has 3 fully saturated rings. The van der Waals surface area contributed by atoms with Crippen molar-refractivity contribution < 1.29 is 9.47 Å². The molecule has 10 heterocycles. The molecule has 6 aromatic heterocycles. The molecule has 2 N–H and O–H groups in total. The Hall–Kier alpha value is -4.82. The molecule has 0 spiro atoms. The standard InChI is InChI=1S/C25H33N5O.C25H31N5O/c2*1-18(2)30-9-6-19(7-10-30)23-4-3-20(16-27-23)25-22-15-21(28-24(22)5-8-26-25)17-29-11-13-31-14-12-29/h3-5,8,15-16,18-19,28H,6-7,9-14,17H2,1-2H3;3-6,8,15-16,18,28H,7,9-14,17H2,1-2H3. The molecule has 0 radical (unpaired) electrons. The summed E-state index contributed by atoms with van der Waals surface area (Å²) in [6.07, 6.45) is 13.5. The second kappa shape index (κ2) is 19.7. The van der Waals surface area contributed by atoms with Gasteiger partial charge >= 0.3 is 0 Å². The molecular formula is C50H64N10O2. The summed E-state index contributed by atoms with van der Waals surface area (Å²) in [5, 5.41) is 2.33. The highest BCUT2D eigenvalue weighted by Crippen LogP contribution is 2.32. The van der Waals surface area contributed by atoms with Gasteiger partial charge in [-0.2, -0.15) is 0 Å². The fraction of sp³-hybridized carbons (Fsp3) is 0.480. The second-order valence-electron chi connectivity index (χ2n) is 18.0. The maximum atomic E-state index is 5.47. The molecule has 62 heavy (non-hydrogen) atoms. The van der Waals surface area contributed by atoms with E-state index in [1.165, 1.54) is 54.0 Å². The zero-order valence-corrected chi connectivity index (χ0v) is 37.2. The molecular weight excluding hydrogens is 773 g/mol. The lowest BCUT2D eigenvalue weighted by Crippen LogP contribution is -2.37. The van der Waals surface area contributed by atoms with E-state index in [2.05, 4.69) is 112 Å². The number of nitrogens with one attached hydrogen (secondary N) is 2. The fourth-order valence-corrected chi connectivity index (χ4v) is 9.46. The van der Waals surface area contributed by atoms with Gasteiger partial charge in [-0.1, -0.05) is 6.08 Å². The summed E-state index contributed by atoms with van der Waals surface area (Å²) in [5.41, 5.74) is 12.5. The van der Waals surface area contributed by atoms with Gasteiger partial charge < -0.3 is 24.3 Å². The zero-order chi connectivity index (χ0) is 42.4. The lowest BCUT2D eigenvalue weighted by Gasteiger charge is -2.34. The Labute approximate surface area is 366 Å². The highest BCUT2D eigenvalue weighted by molar-refractivity contribution is 5.94. The number of rotatable bonds is 10. The molecule has 4 aliphatic rings. The van der Waals surface area contributed by atoms with Crippen molar-refractivity contribution in [2.45, 2.75) is 78.0 Å². The summed E-state index contributed by atoms with van der Waals surface area (Å²) in [6, 6.07) is 18.6. The van der Waals surface area contributed by atoms with E-state index in [9.17, 15) is 0 Å². The van der Waals surface area contributed by atoms with E-state index in [1.54, 1.807) is 0 Å². The summed E-state index contributed by atoms with van der Waals surface area (Å²) in [5.74, 6) is 0.570. The predicted octanol–water partition coefficient (Wildman–Crippen LogP) is 8.00. The molecule has 6 aromatic rings. The van der Waals surface area contributed by atoms with Crippen molar-refractivity contribution in [1.82, 2.24) is 49.5 Å². The summed E-state index contributed by atoms with van der Waals surface area (Å²) in [7, 11) is 0. The van der Waals surface area contributed by atoms with Crippen LogP contribution < -0.4 is 0 Å². The Morgan fingerprint density at radius 3 is 1.63 bits per heavy atom. The van der Waals surface area contributed by atoms with E-state index < -0.39 is 0 Å². The number of ether oxygens (including phenoxy) is 2. The summed E-state index contributed by atoms with van der Waals surface area (Å²) >= 11 is 0. The van der Waals surface area contributed by atoms with Gasteiger partial charge in [0.05, 0.1) is 43.5 Å². The molecule has 0 unspecified atom stereocenters. The minimum absolute atomic E-state index is 0.570. The number of pyridine rings is 4. The Balaban J connectivity index is 0.000000158. The van der Waals surface area contributed by atoms with Crippen molar-refractivity contribution in [2.75, 3.05) is 78.8 Å². The molecule has 326 valence electrons. The van der Waals surface area contributed by atoms with Gasteiger partial charge in [0.15, 0.2) is 0 Å². The first kappa shape index (κ1) is 42.5. The van der Waals surface area contributed by atoms with Crippen LogP contribution in [0.4, 0.5) is 0 Å². The van der Waals surface area contributed by atoms with Crippen LogP contribution in [0.5, 0.6) is 0 Å². The zero-order valence-electron chi connectivity index (χ0n) is 37.2. The number of hydrogen-bond donors (Lipinski definition) is 2. The van der Waals surface area contributed by atoms with Crippen molar-refractivity contribution in [2.24, 2.45) is 0 Å². The van der Waals surface area contributed by atoms with Crippen LogP contribution in [0.15, 0.2) is 79.4 Å².